The van der Waals surface area contributed by atoms with E-state index in [1.54, 1.807) is 6.92 Å². The third kappa shape index (κ3) is 10.00. The first-order chi connectivity index (χ1) is 15.1. The van der Waals surface area contributed by atoms with Gasteiger partial charge in [0.1, 0.15) is 6.61 Å². The summed E-state index contributed by atoms with van der Waals surface area (Å²) in [6, 6.07) is 7.49. The van der Waals surface area contributed by atoms with Gasteiger partial charge in [-0.05, 0) is 12.5 Å². The molecule has 0 atom stereocenters. The Hall–Kier alpha value is -3.06. The largest absolute Gasteiger partial charge is 0.379 e. The number of benzene rings is 1. The first kappa shape index (κ1) is 24.2. The highest BCUT2D eigenvalue weighted by atomic mass is 16.6. The Kier molecular flexibility index (Phi) is 11.0. The molecule has 168 valence electrons. The van der Waals surface area contributed by atoms with Crippen LogP contribution in [-0.2, 0) is 30.4 Å². The number of carbonyl (C=O) groups is 2. The van der Waals surface area contributed by atoms with Gasteiger partial charge in [-0.2, -0.15) is 0 Å². The number of aryl methyl sites for hydroxylation is 1. The number of nitrogens with two attached hydrogens (primary N) is 1. The number of hydrogen-bond acceptors (Lipinski definition) is 10. The van der Waals surface area contributed by atoms with Crippen LogP contribution in [0.25, 0.3) is 11.4 Å². The number of amides is 2. The molecule has 1 aromatic heterocycles. The lowest BCUT2D eigenvalue weighted by Crippen LogP contribution is -2.31. The second-order valence-electron chi connectivity index (χ2n) is 6.38. The fraction of sp³-hybridized carbons (Fsp3) is 0.474. The summed E-state index contributed by atoms with van der Waals surface area (Å²) in [4.78, 5) is 27.2. The lowest BCUT2D eigenvalue weighted by molar-refractivity contribution is -0.126. The minimum absolute atomic E-state index is 0.106. The van der Waals surface area contributed by atoms with Crippen LogP contribution in [0.2, 0.25) is 0 Å². The minimum Gasteiger partial charge on any atom is -0.379 e. The van der Waals surface area contributed by atoms with Crippen molar-refractivity contribution < 1.29 is 23.9 Å². The SMILES string of the molecule is Cc1nnc(-c2ccc(CNC(=O)CCOCCOCCNC(=O)CON)cc2)nn1. The molecular formula is C19H27N7O5. The highest BCUT2D eigenvalue weighted by molar-refractivity contribution is 5.77. The first-order valence-electron chi connectivity index (χ1n) is 9.72. The van der Waals surface area contributed by atoms with E-state index in [2.05, 4.69) is 35.9 Å². The Morgan fingerprint density at radius 1 is 0.903 bits per heavy atom. The minimum atomic E-state index is -0.306. The van der Waals surface area contributed by atoms with Gasteiger partial charge in [-0.3, -0.25) is 14.4 Å². The molecule has 0 radical (unpaired) electrons. The van der Waals surface area contributed by atoms with Crippen molar-refractivity contribution >= 4 is 11.8 Å². The number of carbonyl (C=O) groups excluding carboxylic acids is 2. The van der Waals surface area contributed by atoms with Gasteiger partial charge in [0.25, 0.3) is 0 Å². The van der Waals surface area contributed by atoms with Crippen molar-refractivity contribution in [3.05, 3.63) is 35.7 Å². The Morgan fingerprint density at radius 2 is 1.58 bits per heavy atom. The van der Waals surface area contributed by atoms with E-state index in [1.165, 1.54) is 0 Å². The van der Waals surface area contributed by atoms with Crippen molar-refractivity contribution in [3.63, 3.8) is 0 Å². The summed E-state index contributed by atoms with van der Waals surface area (Å²) in [6.07, 6.45) is 0.252. The molecule has 0 saturated carbocycles. The first-order valence-corrected chi connectivity index (χ1v) is 9.72. The maximum Gasteiger partial charge on any atom is 0.248 e. The van der Waals surface area contributed by atoms with E-state index in [4.69, 9.17) is 15.4 Å². The molecule has 2 amide bonds. The van der Waals surface area contributed by atoms with Crippen molar-refractivity contribution in [2.45, 2.75) is 19.9 Å². The van der Waals surface area contributed by atoms with Crippen molar-refractivity contribution in [3.8, 4) is 11.4 Å². The predicted octanol–water partition coefficient (Wildman–Crippen LogP) is -0.712. The van der Waals surface area contributed by atoms with E-state index >= 15 is 0 Å². The average Bonchev–Trinajstić information content (AvgIpc) is 2.77. The van der Waals surface area contributed by atoms with Crippen LogP contribution < -0.4 is 16.5 Å². The third-order valence-electron chi connectivity index (χ3n) is 3.91. The Labute approximate surface area is 179 Å². The van der Waals surface area contributed by atoms with Crippen molar-refractivity contribution in [2.75, 3.05) is 39.6 Å². The summed E-state index contributed by atoms with van der Waals surface area (Å²) in [7, 11) is 0. The number of nitrogens with one attached hydrogen (secondary N) is 2. The Morgan fingerprint density at radius 3 is 2.26 bits per heavy atom. The highest BCUT2D eigenvalue weighted by Crippen LogP contribution is 2.13. The molecule has 0 aliphatic carbocycles. The van der Waals surface area contributed by atoms with E-state index < -0.39 is 0 Å². The average molecular weight is 433 g/mol. The van der Waals surface area contributed by atoms with E-state index in [1.807, 2.05) is 24.3 Å². The highest BCUT2D eigenvalue weighted by Gasteiger charge is 2.05. The van der Waals surface area contributed by atoms with Gasteiger partial charge in [-0.1, -0.05) is 24.3 Å². The standard InChI is InChI=1S/C19H27N7O5/c1-14-23-25-19(26-24-14)16-4-2-15(3-5-16)12-22-17(27)6-8-29-10-11-30-9-7-21-18(28)13-31-20/h2-5H,6-13,20H2,1H3,(H,21,28)(H,22,27). The quantitative estimate of drug-likeness (QED) is 0.256. The fourth-order valence-electron chi connectivity index (χ4n) is 2.33. The molecule has 12 heteroatoms. The number of rotatable bonds is 14. The number of nitrogens with zero attached hydrogens (tertiary/aromatic N) is 4. The van der Waals surface area contributed by atoms with Crippen LogP contribution in [0.3, 0.4) is 0 Å². The summed E-state index contributed by atoms with van der Waals surface area (Å²) in [5.74, 6) is 5.33. The number of aromatic nitrogens is 4. The van der Waals surface area contributed by atoms with Gasteiger partial charge in [0.2, 0.25) is 17.6 Å². The number of hydrogen-bond donors (Lipinski definition) is 3. The molecule has 0 bridgehead atoms. The van der Waals surface area contributed by atoms with E-state index in [9.17, 15) is 9.59 Å². The van der Waals surface area contributed by atoms with E-state index in [0.29, 0.717) is 51.2 Å². The zero-order valence-corrected chi connectivity index (χ0v) is 17.4. The van der Waals surface area contributed by atoms with Gasteiger partial charge in [-0.15, -0.1) is 20.4 Å². The molecule has 2 rings (SSSR count). The smallest absolute Gasteiger partial charge is 0.248 e. The lowest BCUT2D eigenvalue weighted by atomic mass is 10.1. The topological polar surface area (TPSA) is 163 Å². The maximum atomic E-state index is 11.9. The molecule has 0 aliphatic heterocycles. The molecule has 1 heterocycles. The molecule has 31 heavy (non-hydrogen) atoms. The normalized spacial score (nSPS) is 10.6. The molecule has 0 spiro atoms. The van der Waals surface area contributed by atoms with Gasteiger partial charge < -0.3 is 20.1 Å². The molecule has 4 N–H and O–H groups in total. The molecule has 1 aromatic carbocycles. The van der Waals surface area contributed by atoms with Crippen molar-refractivity contribution in [1.29, 1.82) is 0 Å². The van der Waals surface area contributed by atoms with Gasteiger partial charge in [0, 0.05) is 25.1 Å². The fourth-order valence-corrected chi connectivity index (χ4v) is 2.33. The maximum absolute atomic E-state index is 11.9. The van der Waals surface area contributed by atoms with Gasteiger partial charge in [-0.25, -0.2) is 5.90 Å². The summed E-state index contributed by atoms with van der Waals surface area (Å²) in [5.41, 5.74) is 1.75. The zero-order chi connectivity index (χ0) is 22.3. The monoisotopic (exact) mass is 433 g/mol. The van der Waals surface area contributed by atoms with Gasteiger partial charge in [0.15, 0.2) is 5.82 Å². The molecule has 0 aliphatic rings. The van der Waals surface area contributed by atoms with Crippen LogP contribution in [0.4, 0.5) is 0 Å². The summed E-state index contributed by atoms with van der Waals surface area (Å²) in [6.45, 7) is 3.68. The van der Waals surface area contributed by atoms with Crippen LogP contribution in [0, 0.1) is 6.92 Å². The molecule has 2 aromatic rings. The Balaban J connectivity index is 1.51. The molecular weight excluding hydrogens is 406 g/mol. The van der Waals surface area contributed by atoms with Crippen LogP contribution in [0.15, 0.2) is 24.3 Å². The van der Waals surface area contributed by atoms with E-state index in [0.717, 1.165) is 11.1 Å². The molecule has 0 fully saturated rings. The lowest BCUT2D eigenvalue weighted by Gasteiger charge is -2.08. The van der Waals surface area contributed by atoms with Crippen molar-refractivity contribution in [2.24, 2.45) is 5.90 Å². The van der Waals surface area contributed by atoms with Crippen LogP contribution >= 0.6 is 0 Å². The molecule has 0 saturated heterocycles. The van der Waals surface area contributed by atoms with Gasteiger partial charge >= 0.3 is 0 Å². The zero-order valence-electron chi connectivity index (χ0n) is 17.4. The van der Waals surface area contributed by atoms with E-state index in [-0.39, 0.29) is 24.8 Å². The van der Waals surface area contributed by atoms with Crippen molar-refractivity contribution in [1.82, 2.24) is 31.0 Å². The summed E-state index contributed by atoms with van der Waals surface area (Å²) < 4.78 is 10.7. The van der Waals surface area contributed by atoms with Crippen LogP contribution in [0.1, 0.15) is 17.8 Å². The number of ether oxygens (including phenoxy) is 2. The van der Waals surface area contributed by atoms with Crippen LogP contribution in [0.5, 0.6) is 0 Å². The predicted molar refractivity (Wildman–Crippen MR) is 109 cm³/mol. The summed E-state index contributed by atoms with van der Waals surface area (Å²) in [5, 5.41) is 21.2. The van der Waals surface area contributed by atoms with Gasteiger partial charge in [0.05, 0.1) is 26.4 Å². The Bertz CT molecular complexity index is 802. The van der Waals surface area contributed by atoms with Crippen LogP contribution in [-0.4, -0.2) is 71.8 Å². The molecule has 12 nitrogen and oxygen atoms in total. The second kappa shape index (κ2) is 14.0. The second-order valence-corrected chi connectivity index (χ2v) is 6.38. The molecule has 0 unspecified atom stereocenters. The summed E-state index contributed by atoms with van der Waals surface area (Å²) >= 11 is 0. The third-order valence-corrected chi connectivity index (χ3v) is 3.91.